The van der Waals surface area contributed by atoms with Crippen molar-refractivity contribution < 1.29 is 13.0 Å². The van der Waals surface area contributed by atoms with Crippen LogP contribution in [0, 0.1) is 3.57 Å². The maximum absolute atomic E-state index is 10.5. The van der Waals surface area contributed by atoms with Gasteiger partial charge in [-0.15, -0.1) is 0 Å². The van der Waals surface area contributed by atoms with E-state index in [2.05, 4.69) is 0 Å². The van der Waals surface area contributed by atoms with Crippen LogP contribution in [0.4, 0.5) is 0 Å². The van der Waals surface area contributed by atoms with Crippen molar-refractivity contribution in [2.75, 3.05) is 0 Å². The predicted octanol–water partition coefficient (Wildman–Crippen LogP) is 1.16. The fourth-order valence-corrected chi connectivity index (χ4v) is 1.91. The van der Waals surface area contributed by atoms with Crippen LogP contribution >= 0.6 is 22.6 Å². The van der Waals surface area contributed by atoms with Crippen LogP contribution < -0.4 is 0 Å². The van der Waals surface area contributed by atoms with Gasteiger partial charge in [-0.05, 0) is 40.8 Å². The van der Waals surface area contributed by atoms with Gasteiger partial charge >= 0.3 is 0 Å². The summed E-state index contributed by atoms with van der Waals surface area (Å²) in [5.41, 5.74) is 0. The van der Waals surface area contributed by atoms with Crippen LogP contribution in [0.2, 0.25) is 0 Å². The van der Waals surface area contributed by atoms with Gasteiger partial charge in [0, 0.05) is 30.9 Å². The number of hydrogen-bond donors (Lipinski definition) is 1. The summed E-state index contributed by atoms with van der Waals surface area (Å²) in [6.07, 6.45) is 0. The molecule has 63 valence electrons. The Morgan fingerprint density at radius 2 is 1.92 bits per heavy atom. The van der Waals surface area contributed by atoms with Crippen molar-refractivity contribution in [1.82, 2.24) is 0 Å². The zero-order valence-electron chi connectivity index (χ0n) is 5.94. The minimum atomic E-state index is -4.03. The smallest absolute Gasteiger partial charge is 0.282 e. The molecule has 1 aromatic carbocycles. The van der Waals surface area contributed by atoms with Crippen molar-refractivity contribution in [2.24, 2.45) is 0 Å². The third-order valence-corrected chi connectivity index (χ3v) is 2.61. The first-order chi connectivity index (χ1) is 5.00. The summed E-state index contributed by atoms with van der Waals surface area (Å²) in [5.74, 6) is 0. The molecule has 1 rings (SSSR count). The van der Waals surface area contributed by atoms with Crippen molar-refractivity contribution in [3.8, 4) is 0 Å². The van der Waals surface area contributed by atoms with Gasteiger partial charge in [0.15, 0.2) is 0 Å². The van der Waals surface area contributed by atoms with E-state index < -0.39 is 10.1 Å². The van der Waals surface area contributed by atoms with Crippen molar-refractivity contribution in [3.63, 3.8) is 0 Å². The molecule has 0 aliphatic heterocycles. The Kier molecular flexibility index (Phi) is 5.18. The van der Waals surface area contributed by atoms with Gasteiger partial charge < -0.3 is 0 Å². The van der Waals surface area contributed by atoms with E-state index in [0.717, 1.165) is 3.57 Å². The summed E-state index contributed by atoms with van der Waals surface area (Å²) in [6, 6.07) is 6.06. The molecule has 3 nitrogen and oxygen atoms in total. The molecular weight excluding hydrogens is 483 g/mol. The minimum absolute atomic E-state index is 0. The van der Waals surface area contributed by atoms with E-state index in [1.165, 1.54) is 12.1 Å². The van der Waals surface area contributed by atoms with E-state index in [-0.39, 0.29) is 32.2 Å². The molecule has 12 heavy (non-hydrogen) atoms. The molecule has 0 fully saturated rings. The molecule has 6 heteroatoms. The molecule has 0 unspecified atom stereocenters. The van der Waals surface area contributed by atoms with Gasteiger partial charge in [-0.25, -0.2) is 0 Å². The Bertz CT molecular complexity index is 363. The number of benzene rings is 1. The Morgan fingerprint density at radius 3 is 2.25 bits per heavy atom. The third kappa shape index (κ3) is 3.66. The van der Waals surface area contributed by atoms with Gasteiger partial charge in [0.05, 0.1) is 4.90 Å². The van der Waals surface area contributed by atoms with Crippen molar-refractivity contribution in [1.29, 1.82) is 0 Å². The normalized spacial score (nSPS) is 10.5. The molecular formula is C6H5IO3STl. The summed E-state index contributed by atoms with van der Waals surface area (Å²) in [6.45, 7) is 0. The van der Waals surface area contributed by atoms with E-state index in [9.17, 15) is 8.42 Å². The molecule has 0 saturated carbocycles. The van der Waals surface area contributed by atoms with Gasteiger partial charge in [-0.3, -0.25) is 4.55 Å². The van der Waals surface area contributed by atoms with Gasteiger partial charge in [0.25, 0.3) is 10.1 Å². The molecule has 1 N–H and O–H groups in total. The molecule has 0 spiro atoms. The Balaban J connectivity index is 0.00000121. The van der Waals surface area contributed by atoms with Crippen LogP contribution in [0.5, 0.6) is 0 Å². The Hall–Kier alpha value is 0.782. The Labute approximate surface area is 105 Å². The summed E-state index contributed by atoms with van der Waals surface area (Å²) in [5, 5.41) is 0. The average molecular weight is 488 g/mol. The first-order valence-corrected chi connectivity index (χ1v) is 5.25. The van der Waals surface area contributed by atoms with Crippen LogP contribution in [-0.4, -0.2) is 40.3 Å². The first kappa shape index (κ1) is 12.8. The van der Waals surface area contributed by atoms with Gasteiger partial charge in [0.1, 0.15) is 0 Å². The van der Waals surface area contributed by atoms with Gasteiger partial charge in [-0.1, -0.05) is 6.07 Å². The molecule has 0 bridgehead atoms. The fourth-order valence-electron chi connectivity index (χ4n) is 0.627. The number of hydrogen-bond acceptors (Lipinski definition) is 2. The summed E-state index contributed by atoms with van der Waals surface area (Å²) in [4.78, 5) is -0.0654. The quantitative estimate of drug-likeness (QED) is 0.367. The van der Waals surface area contributed by atoms with E-state index >= 15 is 0 Å². The summed E-state index contributed by atoms with van der Waals surface area (Å²) >= 11 is 1.97. The maximum atomic E-state index is 10.5. The van der Waals surface area contributed by atoms with Crippen LogP contribution in [0.25, 0.3) is 0 Å². The summed E-state index contributed by atoms with van der Waals surface area (Å²) < 4.78 is 30.4. The maximum Gasteiger partial charge on any atom is 0.294 e. The monoisotopic (exact) mass is 489 g/mol. The van der Waals surface area contributed by atoms with Crippen LogP contribution in [-0.2, 0) is 10.1 Å². The Morgan fingerprint density at radius 1 is 1.33 bits per heavy atom. The van der Waals surface area contributed by atoms with Crippen LogP contribution in [0.15, 0.2) is 29.2 Å². The molecule has 1 radical (unpaired) electrons. The number of rotatable bonds is 1. The number of halogens is 1. The second kappa shape index (κ2) is 4.86. The summed E-state index contributed by atoms with van der Waals surface area (Å²) in [7, 11) is -4.03. The molecule has 0 heterocycles. The zero-order valence-corrected chi connectivity index (χ0v) is 13.4. The van der Waals surface area contributed by atoms with Crippen molar-refractivity contribution in [3.05, 3.63) is 27.8 Å². The average Bonchev–Trinajstić information content (AvgIpc) is 1.86. The molecule has 0 aromatic heterocycles. The fraction of sp³-hybridized carbons (Fsp3) is 0. The van der Waals surface area contributed by atoms with E-state index in [4.69, 9.17) is 4.55 Å². The molecule has 0 aliphatic carbocycles. The molecule has 0 amide bonds. The van der Waals surface area contributed by atoms with Crippen LogP contribution in [0.1, 0.15) is 0 Å². The molecule has 1 aromatic rings. The van der Waals surface area contributed by atoms with Gasteiger partial charge in [0.2, 0.25) is 0 Å². The van der Waals surface area contributed by atoms with E-state index in [1.807, 2.05) is 22.6 Å². The van der Waals surface area contributed by atoms with Crippen molar-refractivity contribution in [2.45, 2.75) is 4.90 Å². The second-order valence-electron chi connectivity index (χ2n) is 1.93. The largest absolute Gasteiger partial charge is 0.294 e. The van der Waals surface area contributed by atoms with Gasteiger partial charge in [-0.2, -0.15) is 8.42 Å². The standard InChI is InChI=1S/C6H5IO3S.Tl/c7-5-2-1-3-6(4-5)11(8,9)10;/h1-4H,(H,8,9,10);. The topological polar surface area (TPSA) is 54.4 Å². The zero-order chi connectivity index (χ0) is 8.48. The van der Waals surface area contributed by atoms with Crippen molar-refractivity contribution >= 4 is 60.0 Å². The van der Waals surface area contributed by atoms with E-state index in [0.29, 0.717) is 0 Å². The first-order valence-electron chi connectivity index (χ1n) is 2.73. The molecule has 0 atom stereocenters. The molecule has 0 aliphatic rings. The SMILES string of the molecule is O=S(=O)(O)c1cccc(I)c1.[Tl]. The minimum Gasteiger partial charge on any atom is -0.282 e. The van der Waals surface area contributed by atoms with E-state index in [1.54, 1.807) is 12.1 Å². The molecule has 0 saturated heterocycles. The second-order valence-corrected chi connectivity index (χ2v) is 4.60. The predicted molar refractivity (Wildman–Crippen MR) is 54.7 cm³/mol. The van der Waals surface area contributed by atoms with Crippen LogP contribution in [0.3, 0.4) is 0 Å². The third-order valence-electron chi connectivity index (χ3n) is 1.09.